The summed E-state index contributed by atoms with van der Waals surface area (Å²) < 4.78 is 6.29. The number of fused-ring (bicyclic) bond motifs is 1. The fourth-order valence-electron chi connectivity index (χ4n) is 3.08. The zero-order valence-electron chi connectivity index (χ0n) is 16.8. The number of rotatable bonds is 9. The molecule has 0 aliphatic carbocycles. The standard InChI is InChI=1S/C23H26N2O3S/c1-3-18(17-13-11-16(2)12-14-17)24-21(26)15-28-23(27)10-6-9-22-25-19-7-4-5-8-20(19)29-22/h4-5,7-8,11-14,18H,3,6,9-10,15H2,1-2H3,(H,24,26)/t18-/m0/s1. The summed E-state index contributed by atoms with van der Waals surface area (Å²) in [5.41, 5.74) is 3.22. The van der Waals surface area contributed by atoms with Gasteiger partial charge in [-0.1, -0.05) is 48.9 Å². The maximum Gasteiger partial charge on any atom is 0.306 e. The molecule has 0 bridgehead atoms. The predicted molar refractivity (Wildman–Crippen MR) is 116 cm³/mol. The van der Waals surface area contributed by atoms with Gasteiger partial charge in [0.25, 0.3) is 5.91 Å². The van der Waals surface area contributed by atoms with Crippen LogP contribution in [0.2, 0.25) is 0 Å². The molecule has 1 atom stereocenters. The van der Waals surface area contributed by atoms with E-state index in [0.717, 1.165) is 33.6 Å². The molecule has 0 fully saturated rings. The Morgan fingerprint density at radius 2 is 1.90 bits per heavy atom. The number of para-hydroxylation sites is 1. The van der Waals surface area contributed by atoms with Crippen molar-refractivity contribution in [3.63, 3.8) is 0 Å². The van der Waals surface area contributed by atoms with Crippen molar-refractivity contribution >= 4 is 33.4 Å². The highest BCUT2D eigenvalue weighted by molar-refractivity contribution is 7.18. The van der Waals surface area contributed by atoms with Gasteiger partial charge in [-0.2, -0.15) is 0 Å². The summed E-state index contributed by atoms with van der Waals surface area (Å²) in [6.07, 6.45) is 2.43. The molecule has 3 aromatic rings. The van der Waals surface area contributed by atoms with Gasteiger partial charge in [0.2, 0.25) is 0 Å². The monoisotopic (exact) mass is 410 g/mol. The average Bonchev–Trinajstić information content (AvgIpc) is 3.14. The average molecular weight is 411 g/mol. The van der Waals surface area contributed by atoms with Crippen LogP contribution in [0.3, 0.4) is 0 Å². The molecule has 0 aliphatic heterocycles. The summed E-state index contributed by atoms with van der Waals surface area (Å²) in [4.78, 5) is 28.7. The van der Waals surface area contributed by atoms with Crippen molar-refractivity contribution in [3.05, 3.63) is 64.7 Å². The molecule has 0 saturated heterocycles. The number of benzene rings is 2. The summed E-state index contributed by atoms with van der Waals surface area (Å²) >= 11 is 1.65. The largest absolute Gasteiger partial charge is 0.456 e. The van der Waals surface area contributed by atoms with Crippen molar-refractivity contribution in [3.8, 4) is 0 Å². The number of aromatic nitrogens is 1. The van der Waals surface area contributed by atoms with Crippen LogP contribution in [0.15, 0.2) is 48.5 Å². The number of hydrogen-bond donors (Lipinski definition) is 1. The van der Waals surface area contributed by atoms with Gasteiger partial charge in [0, 0.05) is 6.42 Å². The normalized spacial score (nSPS) is 11.9. The van der Waals surface area contributed by atoms with Crippen molar-refractivity contribution in [1.82, 2.24) is 10.3 Å². The first-order valence-electron chi connectivity index (χ1n) is 9.91. The minimum absolute atomic E-state index is 0.0826. The molecule has 3 rings (SSSR count). The number of nitrogens with zero attached hydrogens (tertiary/aromatic N) is 1. The molecule has 1 amide bonds. The second kappa shape index (κ2) is 10.2. The Morgan fingerprint density at radius 3 is 2.62 bits per heavy atom. The molecule has 5 nitrogen and oxygen atoms in total. The number of carbonyl (C=O) groups is 2. The molecule has 0 saturated carbocycles. The third kappa shape index (κ3) is 6.12. The zero-order chi connectivity index (χ0) is 20.6. The third-order valence-electron chi connectivity index (χ3n) is 4.70. The number of amides is 1. The summed E-state index contributed by atoms with van der Waals surface area (Å²) in [5.74, 6) is -0.637. The summed E-state index contributed by atoms with van der Waals surface area (Å²) in [6.45, 7) is 3.79. The van der Waals surface area contributed by atoms with Crippen molar-refractivity contribution in [2.45, 2.75) is 45.6 Å². The van der Waals surface area contributed by atoms with Gasteiger partial charge < -0.3 is 10.1 Å². The first-order chi connectivity index (χ1) is 14.0. The smallest absolute Gasteiger partial charge is 0.306 e. The van der Waals surface area contributed by atoms with Crippen molar-refractivity contribution < 1.29 is 14.3 Å². The zero-order valence-corrected chi connectivity index (χ0v) is 17.6. The maximum absolute atomic E-state index is 12.2. The molecule has 1 N–H and O–H groups in total. The Bertz CT molecular complexity index is 933. The SMILES string of the molecule is CC[C@H](NC(=O)COC(=O)CCCc1nc2ccccc2s1)c1ccc(C)cc1. The number of ether oxygens (including phenoxy) is 1. The maximum atomic E-state index is 12.2. The number of nitrogens with one attached hydrogen (secondary N) is 1. The molecule has 2 aromatic carbocycles. The van der Waals surface area contributed by atoms with E-state index in [4.69, 9.17) is 4.74 Å². The predicted octanol–water partition coefficient (Wildman–Crippen LogP) is 4.74. The molecule has 0 radical (unpaired) electrons. The van der Waals surface area contributed by atoms with Crippen molar-refractivity contribution in [2.75, 3.05) is 6.61 Å². The summed E-state index contributed by atoms with van der Waals surface area (Å²) in [6, 6.07) is 16.0. The van der Waals surface area contributed by atoms with E-state index in [-0.39, 0.29) is 30.9 Å². The van der Waals surface area contributed by atoms with E-state index in [1.54, 1.807) is 11.3 Å². The lowest BCUT2D eigenvalue weighted by Crippen LogP contribution is -2.32. The van der Waals surface area contributed by atoms with Crippen molar-refractivity contribution in [1.29, 1.82) is 0 Å². The highest BCUT2D eigenvalue weighted by atomic mass is 32.1. The number of carbonyl (C=O) groups excluding carboxylic acids is 2. The fourth-order valence-corrected chi connectivity index (χ4v) is 4.09. The van der Waals surface area contributed by atoms with E-state index in [0.29, 0.717) is 6.42 Å². The van der Waals surface area contributed by atoms with Crippen LogP contribution in [0.5, 0.6) is 0 Å². The van der Waals surface area contributed by atoms with Gasteiger partial charge in [-0.3, -0.25) is 9.59 Å². The topological polar surface area (TPSA) is 68.3 Å². The minimum atomic E-state index is -0.357. The van der Waals surface area contributed by atoms with Crippen LogP contribution in [0.25, 0.3) is 10.2 Å². The minimum Gasteiger partial charge on any atom is -0.456 e. The highest BCUT2D eigenvalue weighted by Crippen LogP contribution is 2.22. The lowest BCUT2D eigenvalue weighted by Gasteiger charge is -2.17. The van der Waals surface area contributed by atoms with Crippen LogP contribution < -0.4 is 5.32 Å². The Kier molecular flexibility index (Phi) is 7.36. The number of thiazole rings is 1. The van der Waals surface area contributed by atoms with Gasteiger partial charge in [0.1, 0.15) is 0 Å². The quantitative estimate of drug-likeness (QED) is 0.518. The highest BCUT2D eigenvalue weighted by Gasteiger charge is 2.14. The Morgan fingerprint density at radius 1 is 1.14 bits per heavy atom. The van der Waals surface area contributed by atoms with Gasteiger partial charge in [-0.05, 0) is 43.9 Å². The number of aryl methyl sites for hydroxylation is 2. The van der Waals surface area contributed by atoms with Crippen LogP contribution in [-0.4, -0.2) is 23.5 Å². The summed E-state index contributed by atoms with van der Waals surface area (Å²) in [5, 5.41) is 3.94. The first-order valence-corrected chi connectivity index (χ1v) is 10.7. The lowest BCUT2D eigenvalue weighted by atomic mass is 10.0. The van der Waals surface area contributed by atoms with Crippen molar-refractivity contribution in [2.24, 2.45) is 0 Å². The Hall–Kier alpha value is -2.73. The Balaban J connectivity index is 1.39. The number of esters is 1. The molecular weight excluding hydrogens is 384 g/mol. The molecule has 0 spiro atoms. The molecule has 152 valence electrons. The van der Waals surface area contributed by atoms with E-state index in [1.807, 2.05) is 62.4 Å². The molecular formula is C23H26N2O3S. The van der Waals surface area contributed by atoms with Gasteiger partial charge in [0.15, 0.2) is 6.61 Å². The molecule has 1 heterocycles. The fraction of sp³-hybridized carbons (Fsp3) is 0.348. The second-order valence-corrected chi connectivity index (χ2v) is 8.14. The third-order valence-corrected chi connectivity index (χ3v) is 5.79. The number of hydrogen-bond acceptors (Lipinski definition) is 5. The van der Waals surface area contributed by atoms with Crippen LogP contribution >= 0.6 is 11.3 Å². The van der Waals surface area contributed by atoms with E-state index in [2.05, 4.69) is 10.3 Å². The van der Waals surface area contributed by atoms with Crippen LogP contribution in [-0.2, 0) is 20.7 Å². The molecule has 1 aromatic heterocycles. The van der Waals surface area contributed by atoms with E-state index >= 15 is 0 Å². The van der Waals surface area contributed by atoms with Gasteiger partial charge in [-0.15, -0.1) is 11.3 Å². The molecule has 0 unspecified atom stereocenters. The van der Waals surface area contributed by atoms with E-state index in [9.17, 15) is 9.59 Å². The molecule has 6 heteroatoms. The van der Waals surface area contributed by atoms with Gasteiger partial charge in [0.05, 0.1) is 21.3 Å². The van der Waals surface area contributed by atoms with Crippen LogP contribution in [0.4, 0.5) is 0 Å². The first kappa shape index (κ1) is 21.0. The second-order valence-electron chi connectivity index (χ2n) is 7.03. The van der Waals surface area contributed by atoms with E-state index < -0.39 is 0 Å². The molecule has 29 heavy (non-hydrogen) atoms. The summed E-state index contributed by atoms with van der Waals surface area (Å²) in [7, 11) is 0. The lowest BCUT2D eigenvalue weighted by molar-refractivity contribution is -0.148. The van der Waals surface area contributed by atoms with E-state index in [1.165, 1.54) is 5.56 Å². The van der Waals surface area contributed by atoms with Crippen LogP contribution in [0.1, 0.15) is 48.4 Å². The van der Waals surface area contributed by atoms with Gasteiger partial charge >= 0.3 is 5.97 Å². The van der Waals surface area contributed by atoms with Gasteiger partial charge in [-0.25, -0.2) is 4.98 Å². The Labute approximate surface area is 175 Å². The molecule has 0 aliphatic rings. The van der Waals surface area contributed by atoms with Crippen LogP contribution in [0, 0.1) is 6.92 Å².